The van der Waals surface area contributed by atoms with E-state index in [1.165, 1.54) is 4.90 Å². The van der Waals surface area contributed by atoms with Crippen LogP contribution in [0.3, 0.4) is 0 Å². The number of β-amino-alcohol motifs (C(OH)–C–C–N with tert-alkyl or cyclic N) is 1. The first kappa shape index (κ1) is 20.3. The minimum atomic E-state index is -1.48. The minimum absolute atomic E-state index is 0.0106. The van der Waals surface area contributed by atoms with Crippen LogP contribution in [0.5, 0.6) is 0 Å². The van der Waals surface area contributed by atoms with Crippen molar-refractivity contribution in [2.75, 3.05) is 26.2 Å². The molecule has 1 aliphatic rings. The molecule has 2 atom stereocenters. The SMILES string of the molecule is CC(C)(C)OC(=O)N1CCOC(c2ccc(Cl)c(Cl)c2)C(O)(CN)C1. The second-order valence-electron chi connectivity index (χ2n) is 7.13. The Morgan fingerprint density at radius 1 is 1.44 bits per heavy atom. The van der Waals surface area contributed by atoms with E-state index >= 15 is 0 Å². The van der Waals surface area contributed by atoms with E-state index in [9.17, 15) is 9.90 Å². The molecule has 1 aromatic rings. The molecule has 140 valence electrons. The van der Waals surface area contributed by atoms with Crippen molar-refractivity contribution in [3.63, 3.8) is 0 Å². The molecule has 0 aromatic heterocycles. The van der Waals surface area contributed by atoms with Crippen LogP contribution in [0.25, 0.3) is 0 Å². The second-order valence-corrected chi connectivity index (χ2v) is 7.95. The monoisotopic (exact) mass is 390 g/mol. The van der Waals surface area contributed by atoms with E-state index in [4.69, 9.17) is 38.4 Å². The van der Waals surface area contributed by atoms with E-state index < -0.39 is 23.4 Å². The normalized spacial score (nSPS) is 24.8. The number of aliphatic hydroxyl groups is 1. The third-order valence-corrected chi connectivity index (χ3v) is 4.59. The zero-order valence-corrected chi connectivity index (χ0v) is 16.1. The predicted molar refractivity (Wildman–Crippen MR) is 97.0 cm³/mol. The topological polar surface area (TPSA) is 85.0 Å². The van der Waals surface area contributed by atoms with Crippen LogP contribution < -0.4 is 5.73 Å². The molecule has 0 bridgehead atoms. The molecule has 1 saturated heterocycles. The number of nitrogens with zero attached hydrogens (tertiary/aromatic N) is 1. The quantitative estimate of drug-likeness (QED) is 0.810. The van der Waals surface area contributed by atoms with Gasteiger partial charge in [0, 0.05) is 13.1 Å². The van der Waals surface area contributed by atoms with E-state index in [0.29, 0.717) is 15.6 Å². The van der Waals surface area contributed by atoms with Crippen molar-refractivity contribution in [2.45, 2.75) is 38.1 Å². The number of amides is 1. The van der Waals surface area contributed by atoms with E-state index in [0.717, 1.165) is 0 Å². The van der Waals surface area contributed by atoms with Gasteiger partial charge in [0.1, 0.15) is 17.3 Å². The van der Waals surface area contributed by atoms with Gasteiger partial charge in [-0.1, -0.05) is 29.3 Å². The zero-order valence-electron chi connectivity index (χ0n) is 14.6. The van der Waals surface area contributed by atoms with E-state index in [1.54, 1.807) is 39.0 Å². The maximum Gasteiger partial charge on any atom is 0.410 e. The first-order valence-electron chi connectivity index (χ1n) is 8.03. The fourth-order valence-corrected chi connectivity index (χ4v) is 2.97. The predicted octanol–water partition coefficient (Wildman–Crippen LogP) is 2.99. The van der Waals surface area contributed by atoms with Crippen molar-refractivity contribution in [1.82, 2.24) is 4.90 Å². The highest BCUT2D eigenvalue weighted by Crippen LogP contribution is 2.35. The van der Waals surface area contributed by atoms with Gasteiger partial charge in [0.15, 0.2) is 0 Å². The van der Waals surface area contributed by atoms with Crippen LogP contribution in [0.15, 0.2) is 18.2 Å². The Labute approximate surface area is 157 Å². The highest BCUT2D eigenvalue weighted by molar-refractivity contribution is 6.42. The molecule has 1 fully saturated rings. The van der Waals surface area contributed by atoms with Crippen molar-refractivity contribution in [2.24, 2.45) is 5.73 Å². The number of carbonyl (C=O) groups excluding carboxylic acids is 1. The molecule has 1 heterocycles. The Bertz CT molecular complexity index is 636. The smallest absolute Gasteiger partial charge is 0.410 e. The summed E-state index contributed by atoms with van der Waals surface area (Å²) in [6, 6.07) is 5.00. The lowest BCUT2D eigenvalue weighted by Crippen LogP contribution is -2.53. The number of benzene rings is 1. The van der Waals surface area contributed by atoms with Crippen molar-refractivity contribution in [3.8, 4) is 0 Å². The van der Waals surface area contributed by atoms with Crippen molar-refractivity contribution >= 4 is 29.3 Å². The van der Waals surface area contributed by atoms with Gasteiger partial charge in [-0.05, 0) is 38.5 Å². The molecule has 2 rings (SSSR count). The van der Waals surface area contributed by atoms with Gasteiger partial charge >= 0.3 is 6.09 Å². The summed E-state index contributed by atoms with van der Waals surface area (Å²) in [7, 11) is 0. The fourth-order valence-electron chi connectivity index (χ4n) is 2.66. The van der Waals surface area contributed by atoms with Gasteiger partial charge in [0.25, 0.3) is 0 Å². The first-order chi connectivity index (χ1) is 11.6. The number of rotatable bonds is 2. The average Bonchev–Trinajstić information content (AvgIpc) is 2.68. The van der Waals surface area contributed by atoms with Crippen molar-refractivity contribution < 1.29 is 19.4 Å². The zero-order chi connectivity index (χ0) is 18.8. The first-order valence-corrected chi connectivity index (χ1v) is 8.78. The molecule has 0 spiro atoms. The fraction of sp³-hybridized carbons (Fsp3) is 0.588. The molecular weight excluding hydrogens is 367 g/mol. The standard InChI is InChI=1S/C17H24Cl2N2O4/c1-16(2,3)25-15(22)21-6-7-24-14(17(23,9-20)10-21)11-4-5-12(18)13(19)8-11/h4-5,8,14,23H,6-7,9-10,20H2,1-3H3. The summed E-state index contributed by atoms with van der Waals surface area (Å²) in [5, 5.41) is 11.8. The molecule has 3 N–H and O–H groups in total. The van der Waals surface area contributed by atoms with Gasteiger partial charge in [0.05, 0.1) is 23.2 Å². The van der Waals surface area contributed by atoms with Gasteiger partial charge in [-0.3, -0.25) is 0 Å². The summed E-state index contributed by atoms with van der Waals surface area (Å²) in [4.78, 5) is 13.8. The molecular formula is C17H24Cl2N2O4. The summed E-state index contributed by atoms with van der Waals surface area (Å²) in [6.07, 6.45) is -1.25. The number of hydrogen-bond donors (Lipinski definition) is 2. The van der Waals surface area contributed by atoms with Gasteiger partial charge < -0.3 is 25.2 Å². The number of ether oxygens (including phenoxy) is 2. The lowest BCUT2D eigenvalue weighted by molar-refractivity contribution is -0.0940. The van der Waals surface area contributed by atoms with Crippen LogP contribution in [0.1, 0.15) is 32.4 Å². The van der Waals surface area contributed by atoms with Gasteiger partial charge in [-0.25, -0.2) is 4.79 Å². The number of hydrogen-bond acceptors (Lipinski definition) is 5. The van der Waals surface area contributed by atoms with E-state index in [2.05, 4.69) is 0 Å². The molecule has 1 amide bonds. The third kappa shape index (κ3) is 4.99. The maximum atomic E-state index is 12.4. The van der Waals surface area contributed by atoms with E-state index in [1.807, 2.05) is 0 Å². The summed E-state index contributed by atoms with van der Waals surface area (Å²) in [5.74, 6) is 0. The van der Waals surface area contributed by atoms with E-state index in [-0.39, 0.29) is 26.2 Å². The maximum absolute atomic E-state index is 12.4. The van der Waals surface area contributed by atoms with Gasteiger partial charge in [-0.15, -0.1) is 0 Å². The highest BCUT2D eigenvalue weighted by Gasteiger charge is 2.43. The molecule has 8 heteroatoms. The number of carbonyl (C=O) groups is 1. The summed E-state index contributed by atoms with van der Waals surface area (Å²) in [5.41, 5.74) is 4.36. The van der Waals surface area contributed by atoms with Crippen LogP contribution in [0.4, 0.5) is 4.79 Å². The Morgan fingerprint density at radius 3 is 2.68 bits per heavy atom. The molecule has 25 heavy (non-hydrogen) atoms. The summed E-state index contributed by atoms with van der Waals surface area (Å²) < 4.78 is 11.2. The molecule has 6 nitrogen and oxygen atoms in total. The third-order valence-electron chi connectivity index (χ3n) is 3.85. The summed E-state index contributed by atoms with van der Waals surface area (Å²) >= 11 is 12.0. The lowest BCUT2D eigenvalue weighted by Gasteiger charge is -2.36. The Morgan fingerprint density at radius 2 is 2.12 bits per heavy atom. The Hall–Kier alpha value is -1.05. The van der Waals surface area contributed by atoms with Gasteiger partial charge in [0.2, 0.25) is 0 Å². The van der Waals surface area contributed by atoms with Crippen LogP contribution in [-0.2, 0) is 9.47 Å². The molecule has 0 saturated carbocycles. The number of halogens is 2. The molecule has 1 aromatic carbocycles. The van der Waals surface area contributed by atoms with Crippen LogP contribution in [0.2, 0.25) is 10.0 Å². The molecule has 2 unspecified atom stereocenters. The molecule has 1 aliphatic heterocycles. The molecule has 0 radical (unpaired) electrons. The highest BCUT2D eigenvalue weighted by atomic mass is 35.5. The Balaban J connectivity index is 2.27. The molecule has 0 aliphatic carbocycles. The lowest BCUT2D eigenvalue weighted by atomic mass is 9.90. The average molecular weight is 391 g/mol. The largest absolute Gasteiger partial charge is 0.444 e. The van der Waals surface area contributed by atoms with Crippen LogP contribution in [-0.4, -0.2) is 53.5 Å². The number of nitrogens with two attached hydrogens (primary N) is 1. The van der Waals surface area contributed by atoms with Crippen molar-refractivity contribution in [1.29, 1.82) is 0 Å². The van der Waals surface area contributed by atoms with Gasteiger partial charge in [-0.2, -0.15) is 0 Å². The Kier molecular flexibility index (Phi) is 6.22. The second kappa shape index (κ2) is 7.68. The summed E-state index contributed by atoms with van der Waals surface area (Å²) in [6.45, 7) is 5.76. The minimum Gasteiger partial charge on any atom is -0.444 e. The van der Waals surface area contributed by atoms with Crippen LogP contribution >= 0.6 is 23.2 Å². The van der Waals surface area contributed by atoms with Crippen LogP contribution in [0, 0.1) is 0 Å². The van der Waals surface area contributed by atoms with Crippen molar-refractivity contribution in [3.05, 3.63) is 33.8 Å².